The predicted molar refractivity (Wildman–Crippen MR) is 74.1 cm³/mol. The second kappa shape index (κ2) is 7.15. The minimum atomic E-state index is -0.866. The molecule has 1 heterocycles. The number of phenols is 1. The normalized spacial score (nSPS) is 18.3. The molecule has 0 fully saturated rings. The fourth-order valence-corrected chi connectivity index (χ4v) is 2.10. The van der Waals surface area contributed by atoms with Gasteiger partial charge in [0.1, 0.15) is 0 Å². The van der Waals surface area contributed by atoms with Crippen molar-refractivity contribution in [2.24, 2.45) is 11.0 Å². The molecule has 1 aromatic rings. The third kappa shape index (κ3) is 4.23. The zero-order valence-electron chi connectivity index (χ0n) is 12.7. The van der Waals surface area contributed by atoms with Crippen molar-refractivity contribution in [2.75, 3.05) is 0 Å². The summed E-state index contributed by atoms with van der Waals surface area (Å²) in [7, 11) is 0. The molecule has 0 saturated heterocycles. The van der Waals surface area contributed by atoms with Gasteiger partial charge in [-0.1, -0.05) is 20.8 Å². The zero-order valence-corrected chi connectivity index (χ0v) is 15.8. The molecule has 0 bridgehead atoms. The molecule has 0 saturated carbocycles. The molecule has 1 atom stereocenters. The first-order valence-electron chi connectivity index (χ1n) is 6.36. The number of hydrogen-bond donors (Lipinski definition) is 2. The SMILES string of the molecule is CC1CC(=O)NN=C1c1cc(O)[c-]c(C(C)(C)[C-]=O)c1.[K+]. The first-order valence-corrected chi connectivity index (χ1v) is 6.36. The number of aromatic hydroxyl groups is 1. The summed E-state index contributed by atoms with van der Waals surface area (Å²) in [6.07, 6.45) is 2.28. The largest absolute Gasteiger partial charge is 1.00 e. The number of nitrogens with zero attached hydrogens (tertiary/aromatic N) is 1. The second-order valence-corrected chi connectivity index (χ2v) is 5.53. The number of rotatable bonds is 3. The van der Waals surface area contributed by atoms with Gasteiger partial charge in [0.25, 0.3) is 0 Å². The average Bonchev–Trinajstić information content (AvgIpc) is 2.38. The van der Waals surface area contributed by atoms with E-state index in [0.29, 0.717) is 23.3 Å². The van der Waals surface area contributed by atoms with E-state index < -0.39 is 5.41 Å². The summed E-state index contributed by atoms with van der Waals surface area (Å²) in [4.78, 5) is 22.3. The van der Waals surface area contributed by atoms with Crippen LogP contribution in [-0.4, -0.2) is 23.0 Å². The maximum atomic E-state index is 11.3. The van der Waals surface area contributed by atoms with Crippen LogP contribution in [0.2, 0.25) is 0 Å². The number of benzene rings is 1. The van der Waals surface area contributed by atoms with Crippen molar-refractivity contribution in [3.8, 4) is 5.75 Å². The molecule has 1 aromatic carbocycles. The number of hydrazone groups is 1. The number of amides is 1. The van der Waals surface area contributed by atoms with Crippen molar-refractivity contribution in [3.05, 3.63) is 29.3 Å². The average molecular weight is 311 g/mol. The van der Waals surface area contributed by atoms with Crippen molar-refractivity contribution >= 4 is 17.9 Å². The van der Waals surface area contributed by atoms with E-state index in [9.17, 15) is 14.7 Å². The minimum absolute atomic E-state index is 0. The van der Waals surface area contributed by atoms with Gasteiger partial charge in [-0.2, -0.15) is 16.7 Å². The molecule has 2 N–H and O–H groups in total. The summed E-state index contributed by atoms with van der Waals surface area (Å²) < 4.78 is 0. The van der Waals surface area contributed by atoms with Crippen LogP contribution in [0.25, 0.3) is 0 Å². The molecular formula is C15H16KN2O3-. The minimum Gasteiger partial charge on any atom is -0.541 e. The van der Waals surface area contributed by atoms with Crippen molar-refractivity contribution in [1.82, 2.24) is 5.43 Å². The van der Waals surface area contributed by atoms with Crippen molar-refractivity contribution in [3.63, 3.8) is 0 Å². The molecule has 5 nitrogen and oxygen atoms in total. The number of nitrogens with one attached hydrogen (secondary N) is 1. The van der Waals surface area contributed by atoms with Crippen LogP contribution < -0.4 is 56.8 Å². The fourth-order valence-electron chi connectivity index (χ4n) is 2.10. The standard InChI is InChI=1S/C15H16N2O3.K/c1-9-4-13(20)16-17-14(9)10-5-11(7-12(19)6-10)15(2,3)8-18;/h5-6,9,19H,4H2,1-3H3,(H,16,20);/q-2;+1. The molecule has 1 aliphatic rings. The first-order chi connectivity index (χ1) is 9.33. The predicted octanol–water partition coefficient (Wildman–Crippen LogP) is -1.56. The summed E-state index contributed by atoms with van der Waals surface area (Å²) >= 11 is 0. The van der Waals surface area contributed by atoms with Gasteiger partial charge in [0, 0.05) is 23.8 Å². The van der Waals surface area contributed by atoms with E-state index in [-0.39, 0.29) is 69.0 Å². The topological polar surface area (TPSA) is 78.8 Å². The summed E-state index contributed by atoms with van der Waals surface area (Å²) in [6, 6.07) is 6.02. The number of carbonyl (C=O) groups is 1. The van der Waals surface area contributed by atoms with E-state index in [1.165, 1.54) is 6.07 Å². The van der Waals surface area contributed by atoms with E-state index in [1.54, 1.807) is 19.9 Å². The third-order valence-corrected chi connectivity index (χ3v) is 3.34. The molecule has 6 heteroatoms. The summed E-state index contributed by atoms with van der Waals surface area (Å²) in [5.41, 5.74) is 3.45. The smallest absolute Gasteiger partial charge is 0.541 e. The maximum absolute atomic E-state index is 11.3. The Morgan fingerprint density at radius 2 is 2.14 bits per heavy atom. The van der Waals surface area contributed by atoms with E-state index in [0.717, 1.165) is 0 Å². The molecule has 1 unspecified atom stereocenters. The quantitative estimate of drug-likeness (QED) is 0.524. The first kappa shape index (κ1) is 18.5. The van der Waals surface area contributed by atoms with Crippen LogP contribution in [0.1, 0.15) is 38.3 Å². The Bertz CT molecular complexity index is 597. The Kier molecular flexibility index (Phi) is 6.31. The van der Waals surface area contributed by atoms with Gasteiger partial charge in [-0.15, -0.1) is 23.1 Å². The van der Waals surface area contributed by atoms with Crippen LogP contribution >= 0.6 is 0 Å². The van der Waals surface area contributed by atoms with Gasteiger partial charge in [0.05, 0.1) is 0 Å². The number of carbonyl (C=O) groups excluding carboxylic acids is 2. The van der Waals surface area contributed by atoms with Crippen LogP contribution in [0, 0.1) is 12.0 Å². The molecule has 0 aromatic heterocycles. The van der Waals surface area contributed by atoms with Crippen molar-refractivity contribution in [2.45, 2.75) is 32.6 Å². The Hall–Kier alpha value is -0.534. The van der Waals surface area contributed by atoms with Crippen molar-refractivity contribution < 1.29 is 66.1 Å². The Morgan fingerprint density at radius 1 is 1.48 bits per heavy atom. The Balaban J connectivity index is 0.00000220. The van der Waals surface area contributed by atoms with E-state index in [1.807, 2.05) is 13.2 Å². The monoisotopic (exact) mass is 311 g/mol. The van der Waals surface area contributed by atoms with Crippen LogP contribution in [0.15, 0.2) is 17.2 Å². The number of hydrogen-bond acceptors (Lipinski definition) is 4. The van der Waals surface area contributed by atoms with Gasteiger partial charge in [-0.3, -0.25) is 11.1 Å². The summed E-state index contributed by atoms with van der Waals surface area (Å²) in [5.74, 6) is -0.246. The molecule has 0 spiro atoms. The molecular weight excluding hydrogens is 295 g/mol. The van der Waals surface area contributed by atoms with Gasteiger partial charge < -0.3 is 9.90 Å². The van der Waals surface area contributed by atoms with Gasteiger partial charge in [-0.05, 0) is 0 Å². The molecule has 1 aliphatic heterocycles. The summed E-state index contributed by atoms with van der Waals surface area (Å²) in [5, 5.41) is 13.8. The fraction of sp³-hybridized carbons (Fsp3) is 0.400. The molecule has 21 heavy (non-hydrogen) atoms. The number of phenolic OH excluding ortho intramolecular Hbond substituents is 1. The van der Waals surface area contributed by atoms with E-state index in [2.05, 4.69) is 16.6 Å². The van der Waals surface area contributed by atoms with Gasteiger partial charge in [-0.25, -0.2) is 5.43 Å². The molecule has 2 rings (SSSR count). The van der Waals surface area contributed by atoms with Gasteiger partial charge in [0.2, 0.25) is 5.91 Å². The second-order valence-electron chi connectivity index (χ2n) is 5.53. The third-order valence-electron chi connectivity index (χ3n) is 3.34. The van der Waals surface area contributed by atoms with Crippen LogP contribution in [0.3, 0.4) is 0 Å². The van der Waals surface area contributed by atoms with E-state index in [4.69, 9.17) is 0 Å². The summed E-state index contributed by atoms with van der Waals surface area (Å²) in [6.45, 7) is 5.29. The van der Waals surface area contributed by atoms with Crippen LogP contribution in [0.4, 0.5) is 0 Å². The van der Waals surface area contributed by atoms with Crippen molar-refractivity contribution in [1.29, 1.82) is 0 Å². The molecule has 1 amide bonds. The van der Waals surface area contributed by atoms with Gasteiger partial charge >= 0.3 is 51.4 Å². The zero-order chi connectivity index (χ0) is 14.9. The Labute approximate surface area is 166 Å². The molecule has 106 valence electrons. The van der Waals surface area contributed by atoms with Gasteiger partial charge in [0.15, 0.2) is 0 Å². The van der Waals surface area contributed by atoms with Crippen LogP contribution in [0.5, 0.6) is 5.75 Å². The molecule has 0 aliphatic carbocycles. The maximum Gasteiger partial charge on any atom is 1.00 e. The molecule has 0 radical (unpaired) electrons. The van der Waals surface area contributed by atoms with Crippen LogP contribution in [-0.2, 0) is 15.0 Å². The Morgan fingerprint density at radius 3 is 2.71 bits per heavy atom. The van der Waals surface area contributed by atoms with E-state index >= 15 is 0 Å².